The second kappa shape index (κ2) is 4.93. The number of thiazole rings is 1. The van der Waals surface area contributed by atoms with Gasteiger partial charge in [0.25, 0.3) is 0 Å². The lowest BCUT2D eigenvalue weighted by atomic mass is 10.2. The first-order chi connectivity index (χ1) is 7.66. The predicted octanol–water partition coefficient (Wildman–Crippen LogP) is 1.45. The van der Waals surface area contributed by atoms with Crippen molar-refractivity contribution in [2.24, 2.45) is 5.92 Å². The summed E-state index contributed by atoms with van der Waals surface area (Å²) in [6, 6.07) is -0.361. The monoisotopic (exact) mass is 240 g/mol. The molecule has 0 saturated heterocycles. The number of carbonyl (C=O) groups is 1. The molecule has 1 aliphatic carbocycles. The summed E-state index contributed by atoms with van der Waals surface area (Å²) in [5, 5.41) is 15.2. The van der Waals surface area contributed by atoms with Gasteiger partial charge in [-0.05, 0) is 25.7 Å². The first kappa shape index (κ1) is 11.5. The van der Waals surface area contributed by atoms with Gasteiger partial charge in [0.1, 0.15) is 6.04 Å². The van der Waals surface area contributed by atoms with Crippen LogP contribution in [0.1, 0.15) is 23.5 Å². The van der Waals surface area contributed by atoms with Crippen LogP contribution in [0, 0.1) is 12.8 Å². The van der Waals surface area contributed by atoms with Crippen LogP contribution in [0.15, 0.2) is 5.38 Å². The second-order valence-electron chi connectivity index (χ2n) is 4.22. The predicted molar refractivity (Wildman–Crippen MR) is 62.7 cm³/mol. The topological polar surface area (TPSA) is 62.2 Å². The lowest BCUT2D eigenvalue weighted by Gasteiger charge is -2.12. The van der Waals surface area contributed by atoms with Gasteiger partial charge in [0.05, 0.1) is 10.7 Å². The van der Waals surface area contributed by atoms with Crippen LogP contribution in [0.5, 0.6) is 0 Å². The van der Waals surface area contributed by atoms with E-state index < -0.39 is 5.97 Å². The van der Waals surface area contributed by atoms with Gasteiger partial charge >= 0.3 is 5.97 Å². The minimum atomic E-state index is -0.725. The molecule has 0 spiro atoms. The Morgan fingerprint density at radius 3 is 3.00 bits per heavy atom. The number of aliphatic carboxylic acids is 1. The summed E-state index contributed by atoms with van der Waals surface area (Å²) in [5.41, 5.74) is 1.05. The molecule has 1 heterocycles. The number of hydrogen-bond acceptors (Lipinski definition) is 4. The number of hydrogen-bond donors (Lipinski definition) is 2. The van der Waals surface area contributed by atoms with Crippen LogP contribution in [0.2, 0.25) is 0 Å². The van der Waals surface area contributed by atoms with Crippen molar-refractivity contribution in [3.8, 4) is 0 Å². The maximum atomic E-state index is 11.0. The summed E-state index contributed by atoms with van der Waals surface area (Å²) < 4.78 is 0. The maximum Gasteiger partial charge on any atom is 0.320 e. The summed E-state index contributed by atoms with van der Waals surface area (Å²) in [7, 11) is 0. The van der Waals surface area contributed by atoms with Gasteiger partial charge in [-0.15, -0.1) is 11.3 Å². The van der Waals surface area contributed by atoms with E-state index in [2.05, 4.69) is 10.3 Å². The Labute approximate surface area is 98.7 Å². The minimum Gasteiger partial charge on any atom is -0.480 e. The van der Waals surface area contributed by atoms with Crippen molar-refractivity contribution in [2.75, 3.05) is 6.54 Å². The minimum absolute atomic E-state index is 0.342. The molecule has 16 heavy (non-hydrogen) atoms. The highest BCUT2D eigenvalue weighted by molar-refractivity contribution is 7.09. The molecule has 0 aliphatic heterocycles. The first-order valence-corrected chi connectivity index (χ1v) is 6.42. The third-order valence-corrected chi connectivity index (χ3v) is 3.59. The normalized spacial score (nSPS) is 17.3. The van der Waals surface area contributed by atoms with E-state index in [4.69, 9.17) is 5.11 Å². The molecule has 1 unspecified atom stereocenters. The standard InChI is InChI=1S/C11H16N2O2S/c1-7-13-9(6-16-7)4-5-12-10(11(14)15)8-2-3-8/h6,8,10,12H,2-5H2,1H3,(H,14,15). The summed E-state index contributed by atoms with van der Waals surface area (Å²) >= 11 is 1.63. The molecule has 0 radical (unpaired) electrons. The van der Waals surface area contributed by atoms with E-state index >= 15 is 0 Å². The number of carboxylic acid groups (broad SMARTS) is 1. The van der Waals surface area contributed by atoms with Crippen LogP contribution in [-0.4, -0.2) is 28.6 Å². The number of nitrogens with one attached hydrogen (secondary N) is 1. The van der Waals surface area contributed by atoms with E-state index in [-0.39, 0.29) is 6.04 Å². The molecule has 2 N–H and O–H groups in total. The average Bonchev–Trinajstić information content (AvgIpc) is 2.97. The lowest BCUT2D eigenvalue weighted by Crippen LogP contribution is -2.39. The number of carboxylic acids is 1. The Morgan fingerprint density at radius 2 is 2.50 bits per heavy atom. The Bertz CT molecular complexity index is 374. The Hall–Kier alpha value is -0.940. The van der Waals surface area contributed by atoms with Crippen LogP contribution in [-0.2, 0) is 11.2 Å². The molecule has 4 nitrogen and oxygen atoms in total. The summed E-state index contributed by atoms with van der Waals surface area (Å²) in [4.78, 5) is 15.3. The molecule has 1 aromatic heterocycles. The quantitative estimate of drug-likeness (QED) is 0.790. The number of nitrogens with zero attached hydrogens (tertiary/aromatic N) is 1. The molecule has 0 bridgehead atoms. The average molecular weight is 240 g/mol. The highest BCUT2D eigenvalue weighted by Crippen LogP contribution is 2.32. The van der Waals surface area contributed by atoms with Gasteiger partial charge in [-0.25, -0.2) is 4.98 Å². The van der Waals surface area contributed by atoms with E-state index in [9.17, 15) is 4.79 Å². The van der Waals surface area contributed by atoms with Gasteiger partial charge in [-0.3, -0.25) is 4.79 Å². The number of aryl methyl sites for hydroxylation is 1. The van der Waals surface area contributed by atoms with Crippen LogP contribution in [0.25, 0.3) is 0 Å². The zero-order valence-electron chi connectivity index (χ0n) is 9.27. The highest BCUT2D eigenvalue weighted by Gasteiger charge is 2.35. The van der Waals surface area contributed by atoms with E-state index in [1.165, 1.54) is 0 Å². The van der Waals surface area contributed by atoms with Crippen molar-refractivity contribution in [1.29, 1.82) is 0 Å². The Kier molecular flexibility index (Phi) is 3.56. The molecule has 1 aromatic rings. The molecule has 2 rings (SSSR count). The van der Waals surface area contributed by atoms with E-state index in [1.807, 2.05) is 12.3 Å². The van der Waals surface area contributed by atoms with Crippen molar-refractivity contribution in [2.45, 2.75) is 32.2 Å². The van der Waals surface area contributed by atoms with Gasteiger partial charge in [0.15, 0.2) is 0 Å². The number of rotatable bonds is 6. The molecular formula is C11H16N2O2S. The van der Waals surface area contributed by atoms with Crippen molar-refractivity contribution in [1.82, 2.24) is 10.3 Å². The largest absolute Gasteiger partial charge is 0.480 e. The van der Waals surface area contributed by atoms with Crippen molar-refractivity contribution >= 4 is 17.3 Å². The Balaban J connectivity index is 1.76. The lowest BCUT2D eigenvalue weighted by molar-refractivity contribution is -0.140. The van der Waals surface area contributed by atoms with Crippen molar-refractivity contribution in [3.63, 3.8) is 0 Å². The van der Waals surface area contributed by atoms with Gasteiger partial charge in [0.2, 0.25) is 0 Å². The SMILES string of the molecule is Cc1nc(CCNC(C(=O)O)C2CC2)cs1. The third-order valence-electron chi connectivity index (χ3n) is 2.77. The first-order valence-electron chi connectivity index (χ1n) is 5.54. The second-order valence-corrected chi connectivity index (χ2v) is 5.28. The zero-order chi connectivity index (χ0) is 11.5. The van der Waals surface area contributed by atoms with Crippen LogP contribution in [0.4, 0.5) is 0 Å². The van der Waals surface area contributed by atoms with Crippen LogP contribution in [0.3, 0.4) is 0 Å². The fraction of sp³-hybridized carbons (Fsp3) is 0.636. The highest BCUT2D eigenvalue weighted by atomic mass is 32.1. The summed E-state index contributed by atoms with van der Waals surface area (Å²) in [6.07, 6.45) is 2.89. The van der Waals surface area contributed by atoms with Crippen LogP contribution >= 0.6 is 11.3 Å². The fourth-order valence-corrected chi connectivity index (χ4v) is 2.41. The van der Waals surface area contributed by atoms with Crippen molar-refractivity contribution < 1.29 is 9.90 Å². The van der Waals surface area contributed by atoms with Gasteiger partial charge in [-0.2, -0.15) is 0 Å². The molecule has 88 valence electrons. The zero-order valence-corrected chi connectivity index (χ0v) is 10.1. The third kappa shape index (κ3) is 3.02. The summed E-state index contributed by atoms with van der Waals surface area (Å²) in [5.74, 6) is -0.383. The molecule has 1 aliphatic rings. The number of aromatic nitrogens is 1. The van der Waals surface area contributed by atoms with Gasteiger partial charge in [-0.1, -0.05) is 0 Å². The van der Waals surface area contributed by atoms with E-state index in [0.717, 1.165) is 30.0 Å². The van der Waals surface area contributed by atoms with Crippen LogP contribution < -0.4 is 5.32 Å². The molecule has 0 amide bonds. The molecule has 1 atom stereocenters. The van der Waals surface area contributed by atoms with Gasteiger partial charge < -0.3 is 10.4 Å². The Morgan fingerprint density at radius 1 is 1.75 bits per heavy atom. The smallest absolute Gasteiger partial charge is 0.320 e. The van der Waals surface area contributed by atoms with E-state index in [1.54, 1.807) is 11.3 Å². The van der Waals surface area contributed by atoms with Crippen molar-refractivity contribution in [3.05, 3.63) is 16.1 Å². The van der Waals surface area contributed by atoms with E-state index in [0.29, 0.717) is 12.5 Å². The molecule has 1 fully saturated rings. The molecular weight excluding hydrogens is 224 g/mol. The van der Waals surface area contributed by atoms with Gasteiger partial charge in [0, 0.05) is 18.3 Å². The fourth-order valence-electron chi connectivity index (χ4n) is 1.76. The maximum absolute atomic E-state index is 11.0. The molecule has 0 aromatic carbocycles. The molecule has 1 saturated carbocycles. The molecule has 5 heteroatoms. The summed E-state index contributed by atoms with van der Waals surface area (Å²) in [6.45, 7) is 2.67.